The molecule has 8 nitrogen and oxygen atoms in total. The summed E-state index contributed by atoms with van der Waals surface area (Å²) in [6, 6.07) is 12.0. The van der Waals surface area contributed by atoms with Crippen molar-refractivity contribution in [2.24, 2.45) is 0 Å². The molecule has 2 N–H and O–H groups in total. The number of anilines is 1. The van der Waals surface area contributed by atoms with Gasteiger partial charge in [0.05, 0.1) is 11.0 Å². The molecule has 1 amide bonds. The lowest BCUT2D eigenvalue weighted by atomic mass is 10.1. The van der Waals surface area contributed by atoms with Crippen LogP contribution in [0.25, 0.3) is 22.2 Å². The Morgan fingerprint density at radius 1 is 1.09 bits per heavy atom. The maximum atomic E-state index is 12.9. The molecule has 32 heavy (non-hydrogen) atoms. The third kappa shape index (κ3) is 4.09. The van der Waals surface area contributed by atoms with Crippen LogP contribution in [0.1, 0.15) is 11.1 Å². The summed E-state index contributed by atoms with van der Waals surface area (Å²) in [6.45, 7) is 1.62. The number of rotatable bonds is 4. The van der Waals surface area contributed by atoms with Gasteiger partial charge < -0.3 is 5.32 Å². The van der Waals surface area contributed by atoms with E-state index in [4.69, 9.17) is 0 Å². The number of hydrogen-bond acceptors (Lipinski definition) is 5. The van der Waals surface area contributed by atoms with Gasteiger partial charge in [-0.1, -0.05) is 30.3 Å². The van der Waals surface area contributed by atoms with E-state index < -0.39 is 23.3 Å². The number of carbonyl (C=O) groups is 1. The maximum absolute atomic E-state index is 12.9. The van der Waals surface area contributed by atoms with E-state index in [-0.39, 0.29) is 34.4 Å². The lowest BCUT2D eigenvalue weighted by Crippen LogP contribution is -2.36. The monoisotopic (exact) mass is 443 g/mol. The van der Waals surface area contributed by atoms with E-state index in [1.54, 1.807) is 5.32 Å². The average Bonchev–Trinajstić information content (AvgIpc) is 2.73. The second kappa shape index (κ2) is 7.91. The number of aryl methyl sites for hydroxylation is 2. The number of benzene rings is 2. The first-order chi connectivity index (χ1) is 15.1. The Morgan fingerprint density at radius 2 is 1.78 bits per heavy atom. The maximum Gasteiger partial charge on any atom is 0.471 e. The molecule has 0 aliphatic carbocycles. The number of nitrogens with zero attached hydrogens (tertiary/aromatic N) is 3. The minimum atomic E-state index is -5.05. The fourth-order valence-electron chi connectivity index (χ4n) is 3.25. The first kappa shape index (κ1) is 21.2. The Hall–Kier alpha value is -4.02. The molecule has 0 spiro atoms. The number of alkyl halides is 3. The summed E-state index contributed by atoms with van der Waals surface area (Å²) in [5.74, 6) is -2.12. The van der Waals surface area contributed by atoms with E-state index in [0.29, 0.717) is 12.0 Å². The molecule has 2 aromatic heterocycles. The summed E-state index contributed by atoms with van der Waals surface area (Å²) in [4.78, 5) is 47.5. The predicted molar refractivity (Wildman–Crippen MR) is 111 cm³/mol. The quantitative estimate of drug-likeness (QED) is 0.472. The number of nitrogens with one attached hydrogen (secondary N) is 2. The number of hydrogen-bond donors (Lipinski definition) is 2. The molecular formula is C21H16F3N5O3. The van der Waals surface area contributed by atoms with Crippen LogP contribution >= 0.6 is 0 Å². The number of H-pyrrole nitrogens is 1. The Bertz CT molecular complexity index is 1460. The van der Waals surface area contributed by atoms with Crippen LogP contribution in [0.4, 0.5) is 18.9 Å². The molecule has 0 fully saturated rings. The predicted octanol–water partition coefficient (Wildman–Crippen LogP) is 2.68. The van der Waals surface area contributed by atoms with E-state index in [1.165, 1.54) is 19.1 Å². The van der Waals surface area contributed by atoms with Crippen molar-refractivity contribution >= 4 is 33.8 Å². The molecule has 164 valence electrons. The van der Waals surface area contributed by atoms with Crippen LogP contribution in [-0.4, -0.2) is 31.6 Å². The van der Waals surface area contributed by atoms with Crippen LogP contribution in [-0.2, 0) is 17.8 Å². The molecule has 0 aliphatic heterocycles. The van der Waals surface area contributed by atoms with Crippen LogP contribution in [0.15, 0.2) is 52.1 Å². The van der Waals surface area contributed by atoms with Crippen molar-refractivity contribution in [1.82, 2.24) is 19.5 Å². The molecule has 0 saturated heterocycles. The number of aromatic nitrogens is 4. The van der Waals surface area contributed by atoms with Crippen molar-refractivity contribution in [3.05, 3.63) is 74.4 Å². The van der Waals surface area contributed by atoms with Crippen molar-refractivity contribution in [2.45, 2.75) is 26.1 Å². The molecule has 4 aromatic rings. The number of amides is 1. The van der Waals surface area contributed by atoms with Crippen LogP contribution in [0.3, 0.4) is 0 Å². The Kier molecular flexibility index (Phi) is 5.25. The largest absolute Gasteiger partial charge is 0.471 e. The summed E-state index contributed by atoms with van der Waals surface area (Å²) >= 11 is 0. The van der Waals surface area contributed by atoms with Gasteiger partial charge in [-0.3, -0.25) is 19.1 Å². The van der Waals surface area contributed by atoms with E-state index in [0.717, 1.165) is 10.1 Å². The van der Waals surface area contributed by atoms with E-state index >= 15 is 0 Å². The van der Waals surface area contributed by atoms with Gasteiger partial charge >= 0.3 is 17.8 Å². The van der Waals surface area contributed by atoms with Gasteiger partial charge in [-0.05, 0) is 36.6 Å². The van der Waals surface area contributed by atoms with Crippen LogP contribution in [0, 0.1) is 6.92 Å². The first-order valence-electron chi connectivity index (χ1n) is 9.51. The van der Waals surface area contributed by atoms with Gasteiger partial charge in [0.25, 0.3) is 5.56 Å². The smallest absolute Gasteiger partial charge is 0.318 e. The highest BCUT2D eigenvalue weighted by atomic mass is 19.4. The second-order valence-electron chi connectivity index (χ2n) is 7.15. The molecule has 0 unspecified atom stereocenters. The van der Waals surface area contributed by atoms with E-state index in [9.17, 15) is 27.6 Å². The standard InChI is InChI=1S/C21H16F3N5O3/c1-11-9-14-15(10-13(11)27-19(31)21(22,23)24)26-17-16(25-14)18(30)29(20(32)28-17)8-7-12-5-3-2-4-6-12/h2-6,9-10H,7-8H2,1H3,(H,27,31)(H,26,28,32). The summed E-state index contributed by atoms with van der Waals surface area (Å²) in [6.07, 6.45) is -4.59. The van der Waals surface area contributed by atoms with Gasteiger partial charge in [-0.15, -0.1) is 0 Å². The Labute approximate surface area is 177 Å². The average molecular weight is 443 g/mol. The molecule has 2 heterocycles. The normalized spacial score (nSPS) is 11.8. The van der Waals surface area contributed by atoms with Crippen LogP contribution in [0.2, 0.25) is 0 Å². The summed E-state index contributed by atoms with van der Waals surface area (Å²) in [5.41, 5.74) is 0.0246. The highest BCUT2D eigenvalue weighted by molar-refractivity contribution is 5.98. The van der Waals surface area contributed by atoms with Gasteiger partial charge in [0.1, 0.15) is 0 Å². The molecule has 0 atom stereocenters. The van der Waals surface area contributed by atoms with E-state index in [2.05, 4.69) is 15.0 Å². The van der Waals surface area contributed by atoms with Crippen molar-refractivity contribution in [3.63, 3.8) is 0 Å². The van der Waals surface area contributed by atoms with Crippen molar-refractivity contribution < 1.29 is 18.0 Å². The van der Waals surface area contributed by atoms with Crippen LogP contribution in [0.5, 0.6) is 0 Å². The Balaban J connectivity index is 1.75. The molecule has 4 rings (SSSR count). The molecule has 0 saturated carbocycles. The number of halogens is 3. The van der Waals surface area contributed by atoms with Gasteiger partial charge in [0, 0.05) is 12.2 Å². The van der Waals surface area contributed by atoms with Gasteiger partial charge in [-0.2, -0.15) is 13.2 Å². The van der Waals surface area contributed by atoms with Gasteiger partial charge in [0.15, 0.2) is 11.2 Å². The molecule has 11 heteroatoms. The van der Waals surface area contributed by atoms with E-state index in [1.807, 2.05) is 30.3 Å². The lowest BCUT2D eigenvalue weighted by Gasteiger charge is -2.12. The lowest BCUT2D eigenvalue weighted by molar-refractivity contribution is -0.167. The fraction of sp³-hybridized carbons (Fsp3) is 0.190. The zero-order valence-corrected chi connectivity index (χ0v) is 16.7. The topological polar surface area (TPSA) is 110 Å². The van der Waals surface area contributed by atoms with Gasteiger partial charge in [-0.25, -0.2) is 14.8 Å². The molecule has 0 radical (unpaired) electrons. The summed E-state index contributed by atoms with van der Waals surface area (Å²) in [7, 11) is 0. The van der Waals surface area contributed by atoms with Crippen molar-refractivity contribution in [1.29, 1.82) is 0 Å². The molecule has 0 aliphatic rings. The third-order valence-electron chi connectivity index (χ3n) is 4.90. The zero-order chi connectivity index (χ0) is 23.0. The van der Waals surface area contributed by atoms with Crippen molar-refractivity contribution in [3.8, 4) is 0 Å². The molecule has 2 aromatic carbocycles. The highest BCUT2D eigenvalue weighted by Crippen LogP contribution is 2.24. The number of aromatic amines is 1. The SMILES string of the molecule is Cc1cc2nc3c(=O)n(CCc4ccccc4)c(=O)[nH]c3nc2cc1NC(=O)C(F)(F)F. The second-order valence-corrected chi connectivity index (χ2v) is 7.15. The molecular weight excluding hydrogens is 427 g/mol. The zero-order valence-electron chi connectivity index (χ0n) is 16.7. The number of fused-ring (bicyclic) bond motifs is 2. The van der Waals surface area contributed by atoms with Gasteiger partial charge in [0.2, 0.25) is 0 Å². The van der Waals surface area contributed by atoms with Crippen LogP contribution < -0.4 is 16.6 Å². The minimum absolute atomic E-state index is 0.0726. The summed E-state index contributed by atoms with van der Waals surface area (Å²) < 4.78 is 38.7. The Morgan fingerprint density at radius 3 is 2.47 bits per heavy atom. The number of carbonyl (C=O) groups excluding carboxylic acids is 1. The highest BCUT2D eigenvalue weighted by Gasteiger charge is 2.38. The van der Waals surface area contributed by atoms with Crippen molar-refractivity contribution in [2.75, 3.05) is 5.32 Å². The summed E-state index contributed by atoms with van der Waals surface area (Å²) in [5, 5.41) is 1.79. The fourth-order valence-corrected chi connectivity index (χ4v) is 3.25. The third-order valence-corrected chi connectivity index (χ3v) is 4.90. The minimum Gasteiger partial charge on any atom is -0.318 e. The first-order valence-corrected chi connectivity index (χ1v) is 9.51. The molecule has 0 bridgehead atoms.